The lowest BCUT2D eigenvalue weighted by Crippen LogP contribution is -2.56. The second kappa shape index (κ2) is 6.53. The van der Waals surface area contributed by atoms with E-state index in [1.807, 2.05) is 6.07 Å². The number of pyridine rings is 1. The van der Waals surface area contributed by atoms with Crippen LogP contribution < -0.4 is 4.74 Å². The summed E-state index contributed by atoms with van der Waals surface area (Å²) in [4.78, 5) is 17.5. The van der Waals surface area contributed by atoms with E-state index in [1.165, 1.54) is 0 Å². The molecule has 0 bridgehead atoms. The molecule has 1 fully saturated rings. The van der Waals surface area contributed by atoms with Crippen molar-refractivity contribution in [2.24, 2.45) is 0 Å². The number of hydrogen-bond donors (Lipinski definition) is 0. The third-order valence-electron chi connectivity index (χ3n) is 2.89. The molecule has 0 atom stereocenters. The molecule has 0 radical (unpaired) electrons. The van der Waals surface area contributed by atoms with Crippen LogP contribution in [-0.2, 0) is 4.79 Å². The number of rotatable bonds is 5. The summed E-state index contributed by atoms with van der Waals surface area (Å²) in [5.41, 5.74) is 0.423. The molecule has 2 heterocycles. The third kappa shape index (κ3) is 3.44. The minimum absolute atomic E-state index is 0.0603. The monoisotopic (exact) mass is 323 g/mol. The summed E-state index contributed by atoms with van der Waals surface area (Å²) in [6, 6.07) is 5.40. The molecule has 6 heteroatoms. The summed E-state index contributed by atoms with van der Waals surface area (Å²) in [7, 11) is 0. The second-order valence-corrected chi connectivity index (χ2v) is 5.09. The summed E-state index contributed by atoms with van der Waals surface area (Å²) in [5.74, 6) is 0.503. The van der Waals surface area contributed by atoms with Crippen LogP contribution in [0, 0.1) is 11.3 Å². The molecule has 1 aliphatic heterocycles. The first-order chi connectivity index (χ1) is 9.24. The van der Waals surface area contributed by atoms with Crippen molar-refractivity contribution in [3.63, 3.8) is 0 Å². The minimum Gasteiger partial charge on any atom is -0.470 e. The van der Waals surface area contributed by atoms with Crippen LogP contribution in [0.15, 0.2) is 18.3 Å². The van der Waals surface area contributed by atoms with Crippen molar-refractivity contribution in [2.75, 3.05) is 18.4 Å². The Balaban J connectivity index is 1.82. The number of amides is 1. The van der Waals surface area contributed by atoms with Crippen LogP contribution in [0.1, 0.15) is 18.4 Å². The minimum atomic E-state index is -0.0603. The van der Waals surface area contributed by atoms with Crippen molar-refractivity contribution in [2.45, 2.75) is 18.9 Å². The number of halogens is 1. The molecular weight excluding hydrogens is 310 g/mol. The van der Waals surface area contributed by atoms with Crippen molar-refractivity contribution in [1.29, 1.82) is 5.26 Å². The number of hydrogen-bond acceptors (Lipinski definition) is 4. The fraction of sp³-hybridized carbons (Fsp3) is 0.462. The van der Waals surface area contributed by atoms with Gasteiger partial charge in [-0.05, 0) is 18.6 Å². The number of nitrogens with zero attached hydrogens (tertiary/aromatic N) is 3. The molecule has 1 amide bonds. The molecule has 100 valence electrons. The average Bonchev–Trinajstić information content (AvgIpc) is 2.40. The van der Waals surface area contributed by atoms with Crippen LogP contribution in [0.25, 0.3) is 0 Å². The fourth-order valence-electron chi connectivity index (χ4n) is 1.82. The first-order valence-corrected chi connectivity index (χ1v) is 7.22. The van der Waals surface area contributed by atoms with Gasteiger partial charge in [-0.15, -0.1) is 0 Å². The van der Waals surface area contributed by atoms with E-state index < -0.39 is 0 Å². The Morgan fingerprint density at radius 2 is 2.42 bits per heavy atom. The maximum atomic E-state index is 11.7. The van der Waals surface area contributed by atoms with Gasteiger partial charge in [0.25, 0.3) is 0 Å². The maximum absolute atomic E-state index is 11.7. The van der Waals surface area contributed by atoms with Gasteiger partial charge < -0.3 is 9.64 Å². The molecule has 1 saturated heterocycles. The highest BCUT2D eigenvalue weighted by Crippen LogP contribution is 2.20. The Bertz CT molecular complexity index is 495. The molecule has 0 spiro atoms. The Hall–Kier alpha value is -1.61. The highest BCUT2D eigenvalue weighted by atomic mass is 79.9. The standard InChI is InChI=1S/C13H14BrN3O2/c14-5-1-4-12(18)17-8-11(9-17)19-13-10(7-15)3-2-6-16-13/h2-3,6,11H,1,4-5,8-9H2. The van der Waals surface area contributed by atoms with E-state index in [2.05, 4.69) is 20.9 Å². The summed E-state index contributed by atoms with van der Waals surface area (Å²) in [5, 5.41) is 9.76. The van der Waals surface area contributed by atoms with Gasteiger partial charge >= 0.3 is 0 Å². The summed E-state index contributed by atoms with van der Waals surface area (Å²) in [6.07, 6.45) is 2.94. The number of ether oxygens (including phenoxy) is 1. The molecule has 19 heavy (non-hydrogen) atoms. The van der Waals surface area contributed by atoms with E-state index >= 15 is 0 Å². The zero-order chi connectivity index (χ0) is 13.7. The Morgan fingerprint density at radius 3 is 3.11 bits per heavy atom. The smallest absolute Gasteiger partial charge is 0.232 e. The number of aromatic nitrogens is 1. The molecule has 5 nitrogen and oxygen atoms in total. The number of likely N-dealkylation sites (tertiary alicyclic amines) is 1. The lowest BCUT2D eigenvalue weighted by molar-refractivity contribution is -0.140. The topological polar surface area (TPSA) is 66.2 Å². The van der Waals surface area contributed by atoms with Crippen LogP contribution in [-0.4, -0.2) is 40.3 Å². The normalized spacial score (nSPS) is 14.6. The van der Waals surface area contributed by atoms with Crippen LogP contribution in [0.2, 0.25) is 0 Å². The van der Waals surface area contributed by atoms with Crippen LogP contribution in [0.3, 0.4) is 0 Å². The molecule has 0 N–H and O–H groups in total. The zero-order valence-corrected chi connectivity index (χ0v) is 12.0. The van der Waals surface area contributed by atoms with Gasteiger partial charge in [-0.3, -0.25) is 4.79 Å². The summed E-state index contributed by atoms with van der Waals surface area (Å²) in [6.45, 7) is 1.14. The van der Waals surface area contributed by atoms with Gasteiger partial charge in [0, 0.05) is 17.9 Å². The van der Waals surface area contributed by atoms with Gasteiger partial charge in [0.05, 0.1) is 13.1 Å². The van der Waals surface area contributed by atoms with E-state index in [-0.39, 0.29) is 12.0 Å². The maximum Gasteiger partial charge on any atom is 0.232 e. The van der Waals surface area contributed by atoms with Gasteiger partial charge in [0.15, 0.2) is 0 Å². The average molecular weight is 324 g/mol. The van der Waals surface area contributed by atoms with Crippen molar-refractivity contribution in [3.05, 3.63) is 23.9 Å². The molecule has 1 aliphatic rings. The van der Waals surface area contributed by atoms with Crippen molar-refractivity contribution in [1.82, 2.24) is 9.88 Å². The van der Waals surface area contributed by atoms with E-state index in [1.54, 1.807) is 23.2 Å². The first-order valence-electron chi connectivity index (χ1n) is 6.10. The fourth-order valence-corrected chi connectivity index (χ4v) is 2.10. The third-order valence-corrected chi connectivity index (χ3v) is 3.46. The highest BCUT2D eigenvalue weighted by Gasteiger charge is 2.32. The van der Waals surface area contributed by atoms with Gasteiger partial charge in [0.1, 0.15) is 17.7 Å². The van der Waals surface area contributed by atoms with Crippen molar-refractivity contribution >= 4 is 21.8 Å². The number of carbonyl (C=O) groups excluding carboxylic acids is 1. The predicted molar refractivity (Wildman–Crippen MR) is 73.0 cm³/mol. The molecule has 0 saturated carbocycles. The Labute approximate surface area is 120 Å². The van der Waals surface area contributed by atoms with Gasteiger partial charge in [-0.2, -0.15) is 5.26 Å². The van der Waals surface area contributed by atoms with Gasteiger partial charge in [-0.25, -0.2) is 4.98 Å². The summed E-state index contributed by atoms with van der Waals surface area (Å²) >= 11 is 3.30. The zero-order valence-electron chi connectivity index (χ0n) is 10.4. The van der Waals surface area contributed by atoms with Gasteiger partial charge in [0.2, 0.25) is 11.8 Å². The molecule has 0 aliphatic carbocycles. The van der Waals surface area contributed by atoms with E-state index in [9.17, 15) is 4.79 Å². The molecule has 0 unspecified atom stereocenters. The van der Waals surface area contributed by atoms with E-state index in [0.717, 1.165) is 11.8 Å². The number of alkyl halides is 1. The largest absolute Gasteiger partial charge is 0.470 e. The SMILES string of the molecule is N#Cc1cccnc1OC1CN(C(=O)CCCBr)C1. The molecule has 0 aromatic carbocycles. The summed E-state index contributed by atoms with van der Waals surface area (Å²) < 4.78 is 5.62. The highest BCUT2D eigenvalue weighted by molar-refractivity contribution is 9.09. The van der Waals surface area contributed by atoms with Crippen molar-refractivity contribution in [3.8, 4) is 11.9 Å². The lowest BCUT2D eigenvalue weighted by Gasteiger charge is -2.38. The molecule has 2 rings (SSSR count). The molecule has 1 aromatic rings. The second-order valence-electron chi connectivity index (χ2n) is 4.30. The first kappa shape index (κ1) is 13.8. The lowest BCUT2D eigenvalue weighted by atomic mass is 10.1. The Kier molecular flexibility index (Phi) is 4.74. The predicted octanol–water partition coefficient (Wildman–Crippen LogP) is 1.72. The van der Waals surface area contributed by atoms with E-state index in [0.29, 0.717) is 31.0 Å². The molecular formula is C13H14BrN3O2. The van der Waals surface area contributed by atoms with Crippen molar-refractivity contribution < 1.29 is 9.53 Å². The number of carbonyl (C=O) groups is 1. The van der Waals surface area contributed by atoms with E-state index in [4.69, 9.17) is 10.00 Å². The Morgan fingerprint density at radius 1 is 1.63 bits per heavy atom. The molecule has 1 aromatic heterocycles. The van der Waals surface area contributed by atoms with Crippen LogP contribution in [0.5, 0.6) is 5.88 Å². The van der Waals surface area contributed by atoms with Crippen LogP contribution in [0.4, 0.5) is 0 Å². The number of nitriles is 1. The van der Waals surface area contributed by atoms with Gasteiger partial charge in [-0.1, -0.05) is 15.9 Å². The van der Waals surface area contributed by atoms with Crippen LogP contribution >= 0.6 is 15.9 Å². The quantitative estimate of drug-likeness (QED) is 0.774.